The second-order valence-corrected chi connectivity index (χ2v) is 3.77. The molecule has 0 fully saturated rings. The fourth-order valence-electron chi connectivity index (χ4n) is 1.27. The standard InChI is InChI=1S/C10H10F6N.ClH/c1-17(9(11,12)13,10(14,15)16)7-8-5-3-2-4-6-8;/h2-6H,7H2,1H3;1H/q+1;. The Kier molecular flexibility index (Phi) is 5.07. The topological polar surface area (TPSA) is 0 Å². The van der Waals surface area contributed by atoms with Crippen molar-refractivity contribution in [1.82, 2.24) is 0 Å². The van der Waals surface area contributed by atoms with Crippen LogP contribution < -0.4 is 0 Å². The van der Waals surface area contributed by atoms with E-state index < -0.39 is 23.6 Å². The van der Waals surface area contributed by atoms with Crippen LogP contribution in [0.25, 0.3) is 0 Å². The number of halogens is 7. The molecule has 8 heteroatoms. The van der Waals surface area contributed by atoms with Crippen LogP contribution in [-0.2, 0) is 6.54 Å². The quantitative estimate of drug-likeness (QED) is 0.438. The molecule has 0 N–H and O–H groups in total. The van der Waals surface area contributed by atoms with Crippen molar-refractivity contribution in [2.75, 3.05) is 7.05 Å². The van der Waals surface area contributed by atoms with Crippen molar-refractivity contribution in [3.8, 4) is 0 Å². The van der Waals surface area contributed by atoms with Gasteiger partial charge in [-0.2, -0.15) is 0 Å². The number of hydrogen-bond donors (Lipinski definition) is 0. The van der Waals surface area contributed by atoms with E-state index in [1.807, 2.05) is 0 Å². The van der Waals surface area contributed by atoms with Crippen LogP contribution in [0, 0.1) is 0 Å². The molecule has 0 aliphatic heterocycles. The van der Waals surface area contributed by atoms with Crippen LogP contribution in [0.1, 0.15) is 5.56 Å². The summed E-state index contributed by atoms with van der Waals surface area (Å²) in [7, 11) is 0.118. The predicted molar refractivity (Wildman–Crippen MR) is 55.7 cm³/mol. The maximum atomic E-state index is 12.5. The third-order valence-corrected chi connectivity index (χ3v) is 2.46. The van der Waals surface area contributed by atoms with Gasteiger partial charge >= 0.3 is 12.6 Å². The number of quaternary nitrogens is 1. The molecule has 0 unspecified atom stereocenters. The van der Waals surface area contributed by atoms with Gasteiger partial charge < -0.3 is 0 Å². The molecule has 1 rings (SSSR count). The molecule has 0 aliphatic carbocycles. The highest BCUT2D eigenvalue weighted by Gasteiger charge is 2.68. The summed E-state index contributed by atoms with van der Waals surface area (Å²) in [5, 5.41) is 0. The van der Waals surface area contributed by atoms with Crippen LogP contribution in [0.15, 0.2) is 30.3 Å². The van der Waals surface area contributed by atoms with Gasteiger partial charge in [0.15, 0.2) is 0 Å². The fourth-order valence-corrected chi connectivity index (χ4v) is 1.27. The first kappa shape index (κ1) is 17.1. The highest BCUT2D eigenvalue weighted by Crippen LogP contribution is 2.42. The molecule has 0 spiro atoms. The van der Waals surface area contributed by atoms with E-state index in [-0.39, 0.29) is 25.0 Å². The third kappa shape index (κ3) is 3.29. The van der Waals surface area contributed by atoms with E-state index in [1.165, 1.54) is 30.3 Å². The second kappa shape index (κ2) is 5.36. The Bertz CT molecular complexity index is 358. The molecule has 0 amide bonds. The minimum absolute atomic E-state index is 0. The minimum Gasteiger partial charge on any atom is -0.147 e. The Morgan fingerprint density at radius 2 is 1.28 bits per heavy atom. The maximum Gasteiger partial charge on any atom is 0.568 e. The molecule has 0 bridgehead atoms. The van der Waals surface area contributed by atoms with Crippen molar-refractivity contribution in [2.24, 2.45) is 0 Å². The molecule has 0 atom stereocenters. The fraction of sp³-hybridized carbons (Fsp3) is 0.400. The summed E-state index contributed by atoms with van der Waals surface area (Å²) in [6.45, 7) is -1.17. The van der Waals surface area contributed by atoms with Gasteiger partial charge in [0.2, 0.25) is 0 Å². The molecule has 18 heavy (non-hydrogen) atoms. The normalized spacial score (nSPS) is 13.1. The van der Waals surface area contributed by atoms with Crippen molar-refractivity contribution >= 4 is 12.4 Å². The number of rotatable bonds is 2. The average molecular weight is 295 g/mol. The van der Waals surface area contributed by atoms with Crippen LogP contribution in [0.4, 0.5) is 26.3 Å². The second-order valence-electron chi connectivity index (χ2n) is 3.77. The number of nitrogens with zero attached hydrogens (tertiary/aromatic N) is 1. The minimum atomic E-state index is -5.39. The summed E-state index contributed by atoms with van der Waals surface area (Å²) in [4.78, 5) is 0. The van der Waals surface area contributed by atoms with Gasteiger partial charge in [-0.25, -0.2) is 0 Å². The zero-order valence-electron chi connectivity index (χ0n) is 9.22. The summed E-state index contributed by atoms with van der Waals surface area (Å²) in [5.41, 5.74) is -0.0235. The van der Waals surface area contributed by atoms with Gasteiger partial charge in [-0.15, -0.1) is 43.2 Å². The molecule has 1 nitrogen and oxygen atoms in total. The summed E-state index contributed by atoms with van der Waals surface area (Å²) >= 11 is 0. The largest absolute Gasteiger partial charge is 0.568 e. The molecule has 1 aromatic rings. The first-order chi connectivity index (χ1) is 7.58. The molecule has 0 heterocycles. The van der Waals surface area contributed by atoms with E-state index in [0.29, 0.717) is 0 Å². The van der Waals surface area contributed by atoms with E-state index in [0.717, 1.165) is 0 Å². The van der Waals surface area contributed by atoms with Crippen LogP contribution in [0.5, 0.6) is 0 Å². The Balaban J connectivity index is 0.00000289. The Morgan fingerprint density at radius 1 is 0.889 bits per heavy atom. The smallest absolute Gasteiger partial charge is 0.147 e. The zero-order valence-corrected chi connectivity index (χ0v) is 10.0. The summed E-state index contributed by atoms with van der Waals surface area (Å²) in [5.74, 6) is 0. The Hall–Kier alpha value is -0.950. The lowest BCUT2D eigenvalue weighted by molar-refractivity contribution is -1.10. The highest BCUT2D eigenvalue weighted by molar-refractivity contribution is 5.85. The molecule has 0 radical (unpaired) electrons. The third-order valence-electron chi connectivity index (χ3n) is 2.46. The Morgan fingerprint density at radius 3 is 1.61 bits per heavy atom. The highest BCUT2D eigenvalue weighted by atomic mass is 35.5. The van der Waals surface area contributed by atoms with Crippen LogP contribution in [-0.4, -0.2) is 24.1 Å². The molecule has 0 aliphatic rings. The van der Waals surface area contributed by atoms with Crippen molar-refractivity contribution in [1.29, 1.82) is 0 Å². The van der Waals surface area contributed by atoms with Gasteiger partial charge in [0.05, 0.1) is 7.05 Å². The molecule has 104 valence electrons. The van der Waals surface area contributed by atoms with E-state index >= 15 is 0 Å². The molecule has 0 saturated heterocycles. The summed E-state index contributed by atoms with van der Waals surface area (Å²) in [6, 6.07) is 6.77. The van der Waals surface area contributed by atoms with Crippen molar-refractivity contribution in [2.45, 2.75) is 19.1 Å². The predicted octanol–water partition coefficient (Wildman–Crippen LogP) is 4.09. The molecule has 1 aromatic carbocycles. The lowest BCUT2D eigenvalue weighted by Crippen LogP contribution is -2.62. The van der Waals surface area contributed by atoms with E-state index in [9.17, 15) is 26.3 Å². The number of alkyl halides is 6. The van der Waals surface area contributed by atoms with E-state index in [1.54, 1.807) is 0 Å². The number of hydrogen-bond acceptors (Lipinski definition) is 0. The molecular weight excluding hydrogens is 284 g/mol. The van der Waals surface area contributed by atoms with E-state index in [4.69, 9.17) is 0 Å². The van der Waals surface area contributed by atoms with Crippen molar-refractivity contribution < 1.29 is 30.8 Å². The van der Waals surface area contributed by atoms with Gasteiger partial charge in [0.25, 0.3) is 0 Å². The van der Waals surface area contributed by atoms with Gasteiger partial charge in [-0.1, -0.05) is 30.3 Å². The van der Waals surface area contributed by atoms with Crippen molar-refractivity contribution in [3.63, 3.8) is 0 Å². The van der Waals surface area contributed by atoms with Gasteiger partial charge in [-0.3, -0.25) is 0 Å². The van der Waals surface area contributed by atoms with Crippen molar-refractivity contribution in [3.05, 3.63) is 35.9 Å². The first-order valence-electron chi connectivity index (χ1n) is 4.61. The van der Waals surface area contributed by atoms with Gasteiger partial charge in [0, 0.05) is 5.56 Å². The SMILES string of the molecule is C[N+](Cc1ccccc1)(C(F)(F)F)C(F)(F)F.Cl. The van der Waals surface area contributed by atoms with E-state index in [2.05, 4.69) is 0 Å². The number of benzene rings is 1. The summed E-state index contributed by atoms with van der Waals surface area (Å²) < 4.78 is 72.3. The zero-order chi connectivity index (χ0) is 13.3. The summed E-state index contributed by atoms with van der Waals surface area (Å²) in [6.07, 6.45) is -10.8. The van der Waals surface area contributed by atoms with Crippen LogP contribution >= 0.6 is 12.4 Å². The van der Waals surface area contributed by atoms with Gasteiger partial charge in [0.1, 0.15) is 6.54 Å². The maximum absolute atomic E-state index is 12.5. The molecular formula is C10H11ClF6N+. The lowest BCUT2D eigenvalue weighted by atomic mass is 10.2. The van der Waals surface area contributed by atoms with Crippen LogP contribution in [0.3, 0.4) is 0 Å². The lowest BCUT2D eigenvalue weighted by Gasteiger charge is -2.35. The first-order valence-corrected chi connectivity index (χ1v) is 4.61. The average Bonchev–Trinajstić information content (AvgIpc) is 2.15. The molecule has 0 aromatic heterocycles. The van der Waals surface area contributed by atoms with Gasteiger partial charge in [-0.05, 0) is 0 Å². The molecule has 0 saturated carbocycles. The Labute approximate surface area is 106 Å². The van der Waals surface area contributed by atoms with Crippen LogP contribution in [0.2, 0.25) is 0 Å². The monoisotopic (exact) mass is 294 g/mol.